The molecule has 0 unspecified atom stereocenters. The highest BCUT2D eigenvalue weighted by molar-refractivity contribution is 5.95. The predicted molar refractivity (Wildman–Crippen MR) is 165 cm³/mol. The third kappa shape index (κ3) is 6.38. The van der Waals surface area contributed by atoms with Gasteiger partial charge in [0.1, 0.15) is 11.6 Å². The minimum Gasteiger partial charge on any atom is -0.382 e. The summed E-state index contributed by atoms with van der Waals surface area (Å²) in [6.07, 6.45) is 6.60. The highest BCUT2D eigenvalue weighted by Crippen LogP contribution is 2.33. The van der Waals surface area contributed by atoms with E-state index in [2.05, 4.69) is 62.5 Å². The Labute approximate surface area is 240 Å². The lowest BCUT2D eigenvalue weighted by molar-refractivity contribution is 0.313. The van der Waals surface area contributed by atoms with Gasteiger partial charge in [0, 0.05) is 66.3 Å². The van der Waals surface area contributed by atoms with Crippen LogP contribution in [0.15, 0.2) is 61.2 Å². The number of nitrogens with one attached hydrogen (secondary N) is 3. The Hall–Kier alpha value is -3.91. The Morgan fingerprint density at radius 1 is 0.927 bits per heavy atom. The van der Waals surface area contributed by atoms with Gasteiger partial charge in [-0.2, -0.15) is 5.10 Å². The van der Waals surface area contributed by atoms with Crippen LogP contribution >= 0.6 is 0 Å². The fourth-order valence-corrected chi connectivity index (χ4v) is 6.07. The molecule has 1 aromatic heterocycles. The van der Waals surface area contributed by atoms with E-state index in [1.165, 1.54) is 49.9 Å². The standard InChI is InChI=1S/C33H38F2N6/c1-22(36-33-30-19-23(8-11-31(30)38-39-33)16-24-17-25(34)20-26(35)18-24)29-10-9-28(41-14-12-40(2)13-15-41)21-32(29)37-27-6-4-3-5-7-27/h8-11,17-21,27,37H,1,3-7,12-16H2,2H3,(H2,36,38,39). The number of likely N-dealkylation sites (N-methyl/N-ethyl adjacent to an activating group) is 1. The molecular formula is C33H38F2N6. The summed E-state index contributed by atoms with van der Waals surface area (Å²) in [6.45, 7) is 8.56. The zero-order valence-corrected chi connectivity index (χ0v) is 23.6. The molecule has 6 nitrogen and oxygen atoms in total. The number of halogens is 2. The lowest BCUT2D eigenvalue weighted by atomic mass is 9.94. The average Bonchev–Trinajstić information content (AvgIpc) is 3.35. The summed E-state index contributed by atoms with van der Waals surface area (Å²) < 4.78 is 27.5. The summed E-state index contributed by atoms with van der Waals surface area (Å²) in [7, 11) is 2.18. The molecule has 41 heavy (non-hydrogen) atoms. The molecule has 3 aromatic carbocycles. The van der Waals surface area contributed by atoms with Gasteiger partial charge >= 0.3 is 0 Å². The first kappa shape index (κ1) is 27.3. The largest absolute Gasteiger partial charge is 0.382 e. The van der Waals surface area contributed by atoms with Gasteiger partial charge in [-0.3, -0.25) is 5.10 Å². The monoisotopic (exact) mass is 556 g/mol. The lowest BCUT2D eigenvalue weighted by Gasteiger charge is -2.35. The van der Waals surface area contributed by atoms with E-state index < -0.39 is 11.6 Å². The van der Waals surface area contributed by atoms with Crippen LogP contribution in [-0.2, 0) is 6.42 Å². The van der Waals surface area contributed by atoms with Crippen molar-refractivity contribution in [2.45, 2.75) is 44.6 Å². The van der Waals surface area contributed by atoms with Crippen molar-refractivity contribution in [1.29, 1.82) is 0 Å². The zero-order chi connectivity index (χ0) is 28.3. The number of hydrogen-bond donors (Lipinski definition) is 3. The first-order chi connectivity index (χ1) is 19.9. The van der Waals surface area contributed by atoms with Gasteiger partial charge in [-0.1, -0.05) is 31.9 Å². The molecule has 1 saturated heterocycles. The van der Waals surface area contributed by atoms with Crippen LogP contribution in [0.25, 0.3) is 16.6 Å². The van der Waals surface area contributed by atoms with Crippen LogP contribution in [0.5, 0.6) is 0 Å². The van der Waals surface area contributed by atoms with Crippen LogP contribution in [0, 0.1) is 11.6 Å². The number of nitrogens with zero attached hydrogens (tertiary/aromatic N) is 3. The molecule has 8 heteroatoms. The molecule has 0 amide bonds. The molecule has 2 fully saturated rings. The Bertz CT molecular complexity index is 1510. The van der Waals surface area contributed by atoms with Crippen LogP contribution in [0.1, 0.15) is 48.8 Å². The van der Waals surface area contributed by atoms with Crippen molar-refractivity contribution in [1.82, 2.24) is 15.1 Å². The van der Waals surface area contributed by atoms with Crippen LogP contribution in [0.2, 0.25) is 0 Å². The molecule has 0 atom stereocenters. The molecule has 0 radical (unpaired) electrons. The quantitative estimate of drug-likeness (QED) is 0.218. The number of hydrogen-bond acceptors (Lipinski definition) is 5. The van der Waals surface area contributed by atoms with Gasteiger partial charge in [-0.25, -0.2) is 8.78 Å². The number of aromatic nitrogens is 2. The molecular weight excluding hydrogens is 518 g/mol. The maximum absolute atomic E-state index is 13.7. The Morgan fingerprint density at radius 2 is 1.68 bits per heavy atom. The summed E-state index contributed by atoms with van der Waals surface area (Å²) in [5.74, 6) is -0.470. The molecule has 4 aromatic rings. The van der Waals surface area contributed by atoms with Crippen molar-refractivity contribution < 1.29 is 8.78 Å². The fourth-order valence-electron chi connectivity index (χ4n) is 6.07. The minimum absolute atomic E-state index is 0.416. The Balaban J connectivity index is 1.25. The third-order valence-corrected chi connectivity index (χ3v) is 8.39. The molecule has 1 aliphatic carbocycles. The van der Waals surface area contributed by atoms with Crippen LogP contribution < -0.4 is 15.5 Å². The van der Waals surface area contributed by atoms with Crippen molar-refractivity contribution in [3.8, 4) is 0 Å². The third-order valence-electron chi connectivity index (χ3n) is 8.39. The topological polar surface area (TPSA) is 59.2 Å². The van der Waals surface area contributed by atoms with E-state index in [1.54, 1.807) is 0 Å². The van der Waals surface area contributed by atoms with Crippen molar-refractivity contribution in [3.63, 3.8) is 0 Å². The molecule has 1 aliphatic heterocycles. The predicted octanol–water partition coefficient (Wildman–Crippen LogP) is 7.01. The van der Waals surface area contributed by atoms with E-state index in [0.717, 1.165) is 65.7 Å². The minimum atomic E-state index is -0.570. The summed E-state index contributed by atoms with van der Waals surface area (Å²) in [5.41, 5.74) is 6.52. The van der Waals surface area contributed by atoms with E-state index >= 15 is 0 Å². The lowest BCUT2D eigenvalue weighted by Crippen LogP contribution is -2.44. The Kier molecular flexibility index (Phi) is 7.92. The van der Waals surface area contributed by atoms with Crippen molar-refractivity contribution in [2.24, 2.45) is 0 Å². The first-order valence-electron chi connectivity index (χ1n) is 14.6. The fraction of sp³-hybridized carbons (Fsp3) is 0.364. The second kappa shape index (κ2) is 11.9. The normalized spacial score (nSPS) is 16.7. The molecule has 6 rings (SSSR count). The summed E-state index contributed by atoms with van der Waals surface area (Å²) >= 11 is 0. The summed E-state index contributed by atoms with van der Waals surface area (Å²) in [4.78, 5) is 4.83. The number of piperazine rings is 1. The second-order valence-electron chi connectivity index (χ2n) is 11.5. The Morgan fingerprint density at radius 3 is 2.44 bits per heavy atom. The van der Waals surface area contributed by atoms with Gasteiger partial charge in [0.15, 0.2) is 5.82 Å². The van der Waals surface area contributed by atoms with Gasteiger partial charge < -0.3 is 20.4 Å². The molecule has 1 saturated carbocycles. The van der Waals surface area contributed by atoms with Crippen LogP contribution in [-0.4, -0.2) is 54.4 Å². The maximum Gasteiger partial charge on any atom is 0.160 e. The SMILES string of the molecule is C=C(Nc1n[nH]c2ccc(Cc3cc(F)cc(F)c3)cc12)c1ccc(N2CCN(C)CC2)cc1NC1CCCCC1. The molecule has 0 bridgehead atoms. The van der Waals surface area contributed by atoms with E-state index in [4.69, 9.17) is 0 Å². The van der Waals surface area contributed by atoms with E-state index in [-0.39, 0.29) is 0 Å². The second-order valence-corrected chi connectivity index (χ2v) is 11.5. The number of fused-ring (bicyclic) bond motifs is 1. The van der Waals surface area contributed by atoms with Gasteiger partial charge in [0.2, 0.25) is 0 Å². The van der Waals surface area contributed by atoms with Gasteiger partial charge in [0.05, 0.1) is 5.52 Å². The molecule has 2 aliphatic rings. The molecule has 0 spiro atoms. The number of anilines is 3. The van der Waals surface area contributed by atoms with E-state index in [9.17, 15) is 8.78 Å². The molecule has 2 heterocycles. The van der Waals surface area contributed by atoms with E-state index in [1.807, 2.05) is 18.2 Å². The van der Waals surface area contributed by atoms with Crippen molar-refractivity contribution in [3.05, 3.63) is 89.5 Å². The smallest absolute Gasteiger partial charge is 0.160 e. The van der Waals surface area contributed by atoms with Crippen molar-refractivity contribution >= 4 is 33.8 Å². The van der Waals surface area contributed by atoms with Crippen LogP contribution in [0.4, 0.5) is 26.0 Å². The maximum atomic E-state index is 13.7. The van der Waals surface area contributed by atoms with Gasteiger partial charge in [-0.15, -0.1) is 0 Å². The number of benzene rings is 3. The average molecular weight is 557 g/mol. The summed E-state index contributed by atoms with van der Waals surface area (Å²) in [6, 6.07) is 16.6. The number of aromatic amines is 1. The highest BCUT2D eigenvalue weighted by Gasteiger charge is 2.20. The zero-order valence-electron chi connectivity index (χ0n) is 23.6. The number of rotatable bonds is 8. The van der Waals surface area contributed by atoms with E-state index in [0.29, 0.717) is 23.8 Å². The highest BCUT2D eigenvalue weighted by atomic mass is 19.1. The van der Waals surface area contributed by atoms with Crippen LogP contribution in [0.3, 0.4) is 0 Å². The molecule has 3 N–H and O–H groups in total. The summed E-state index contributed by atoms with van der Waals surface area (Å²) in [5, 5.41) is 15.8. The molecule has 214 valence electrons. The number of H-pyrrole nitrogens is 1. The first-order valence-corrected chi connectivity index (χ1v) is 14.6. The van der Waals surface area contributed by atoms with Crippen molar-refractivity contribution in [2.75, 3.05) is 48.8 Å². The van der Waals surface area contributed by atoms with Gasteiger partial charge in [0.25, 0.3) is 0 Å². The van der Waals surface area contributed by atoms with Gasteiger partial charge in [-0.05, 0) is 79.9 Å².